The molecule has 27 heavy (non-hydrogen) atoms. The summed E-state index contributed by atoms with van der Waals surface area (Å²) in [6.07, 6.45) is 2.17. The summed E-state index contributed by atoms with van der Waals surface area (Å²) >= 11 is 1.46. The van der Waals surface area contributed by atoms with Crippen molar-refractivity contribution in [3.63, 3.8) is 0 Å². The first-order valence-electron chi connectivity index (χ1n) is 8.42. The van der Waals surface area contributed by atoms with Crippen LogP contribution in [0, 0.1) is 25.2 Å². The molecule has 0 atom stereocenters. The average molecular weight is 380 g/mol. The molecule has 1 amide bonds. The number of carbonyl (C=O) groups excluding carboxylic acids is 1. The number of aromatic nitrogens is 4. The monoisotopic (exact) mass is 380 g/mol. The van der Waals surface area contributed by atoms with E-state index in [1.165, 1.54) is 11.8 Å². The zero-order chi connectivity index (χ0) is 19.6. The first kappa shape index (κ1) is 18.9. The number of benzene rings is 1. The Hall–Kier alpha value is -2.92. The van der Waals surface area contributed by atoms with Gasteiger partial charge in [0.25, 0.3) is 5.78 Å². The Morgan fingerprint density at radius 1 is 1.26 bits per heavy atom. The zero-order valence-electron chi connectivity index (χ0n) is 15.7. The van der Waals surface area contributed by atoms with Crippen molar-refractivity contribution in [1.82, 2.24) is 24.5 Å². The summed E-state index contributed by atoms with van der Waals surface area (Å²) in [5.74, 6) is 0.549. The molecule has 0 spiro atoms. The van der Waals surface area contributed by atoms with Gasteiger partial charge in [-0.2, -0.15) is 10.2 Å². The normalized spacial score (nSPS) is 10.8. The van der Waals surface area contributed by atoms with Gasteiger partial charge in [0.15, 0.2) is 0 Å². The summed E-state index contributed by atoms with van der Waals surface area (Å²) in [4.78, 5) is 23.3. The van der Waals surface area contributed by atoms with Crippen molar-refractivity contribution in [2.75, 3.05) is 13.3 Å². The van der Waals surface area contributed by atoms with Gasteiger partial charge in [0, 0.05) is 30.5 Å². The average Bonchev–Trinajstić information content (AvgIpc) is 3.08. The topological polar surface area (TPSA) is 87.2 Å². The Balaban J connectivity index is 1.79. The fourth-order valence-electron chi connectivity index (χ4n) is 2.87. The van der Waals surface area contributed by atoms with Crippen molar-refractivity contribution in [3.05, 3.63) is 52.3 Å². The number of likely N-dealkylation sites (N-methyl/N-ethyl adjacent to an activating group) is 1. The van der Waals surface area contributed by atoms with Crippen LogP contribution in [0.4, 0.5) is 0 Å². The fraction of sp³-hybridized carbons (Fsp3) is 0.316. The van der Waals surface area contributed by atoms with E-state index in [1.807, 2.05) is 32.2 Å². The maximum atomic E-state index is 12.7. The second kappa shape index (κ2) is 7.76. The van der Waals surface area contributed by atoms with E-state index in [0.717, 1.165) is 22.5 Å². The van der Waals surface area contributed by atoms with Crippen LogP contribution in [-0.2, 0) is 17.8 Å². The zero-order valence-corrected chi connectivity index (χ0v) is 16.5. The van der Waals surface area contributed by atoms with Gasteiger partial charge < -0.3 is 4.90 Å². The summed E-state index contributed by atoms with van der Waals surface area (Å²) < 4.78 is 1.70. The lowest BCUT2D eigenvalue weighted by Gasteiger charge is -2.19. The van der Waals surface area contributed by atoms with Gasteiger partial charge in [0.1, 0.15) is 0 Å². The van der Waals surface area contributed by atoms with E-state index in [4.69, 9.17) is 5.26 Å². The van der Waals surface area contributed by atoms with Crippen LogP contribution in [-0.4, -0.2) is 43.7 Å². The summed E-state index contributed by atoms with van der Waals surface area (Å²) in [7, 11) is 1.78. The third-order valence-corrected chi connectivity index (χ3v) is 5.01. The van der Waals surface area contributed by atoms with Gasteiger partial charge in [-0.05, 0) is 37.8 Å². The summed E-state index contributed by atoms with van der Waals surface area (Å²) in [5.41, 5.74) is 4.13. The SMILES string of the molecule is CSc1nc2nc(C)c(CC(=O)N(C)Cc3ccc(C#N)cc3)c(C)n2n1. The number of hydrogen-bond donors (Lipinski definition) is 0. The molecule has 0 aliphatic carbocycles. The molecule has 0 fully saturated rings. The van der Waals surface area contributed by atoms with Crippen molar-refractivity contribution in [2.24, 2.45) is 0 Å². The number of thioether (sulfide) groups is 1. The lowest BCUT2D eigenvalue weighted by molar-refractivity contribution is -0.129. The standard InChI is InChI=1S/C19H20N6OS/c1-12-16(13(2)25-18(21-12)22-19(23-25)27-4)9-17(26)24(3)11-15-7-5-14(10-20)6-8-15/h5-8H,9,11H2,1-4H3. The van der Waals surface area contributed by atoms with Crippen LogP contribution in [0.3, 0.4) is 0 Å². The molecule has 0 unspecified atom stereocenters. The highest BCUT2D eigenvalue weighted by Crippen LogP contribution is 2.18. The molecule has 8 heteroatoms. The Morgan fingerprint density at radius 2 is 1.96 bits per heavy atom. The van der Waals surface area contributed by atoms with E-state index in [2.05, 4.69) is 21.1 Å². The van der Waals surface area contributed by atoms with Crippen LogP contribution < -0.4 is 0 Å². The Kier molecular flexibility index (Phi) is 5.42. The summed E-state index contributed by atoms with van der Waals surface area (Å²) in [6, 6.07) is 9.34. The number of amides is 1. The summed E-state index contributed by atoms with van der Waals surface area (Å²) in [5, 5.41) is 14.0. The maximum absolute atomic E-state index is 12.7. The van der Waals surface area contributed by atoms with Crippen molar-refractivity contribution < 1.29 is 4.79 Å². The first-order chi connectivity index (χ1) is 12.9. The maximum Gasteiger partial charge on any atom is 0.253 e. The molecular formula is C19H20N6OS. The second-order valence-electron chi connectivity index (χ2n) is 6.31. The third-order valence-electron chi connectivity index (χ3n) is 4.47. The number of fused-ring (bicyclic) bond motifs is 1. The fourth-order valence-corrected chi connectivity index (χ4v) is 3.20. The molecule has 0 N–H and O–H groups in total. The number of carbonyl (C=O) groups is 1. The van der Waals surface area contributed by atoms with Gasteiger partial charge in [0.05, 0.1) is 18.1 Å². The van der Waals surface area contributed by atoms with E-state index in [9.17, 15) is 4.79 Å². The quantitative estimate of drug-likeness (QED) is 0.632. The van der Waals surface area contributed by atoms with E-state index < -0.39 is 0 Å². The highest BCUT2D eigenvalue weighted by molar-refractivity contribution is 7.98. The van der Waals surface area contributed by atoms with Gasteiger partial charge in [-0.3, -0.25) is 4.79 Å². The highest BCUT2D eigenvalue weighted by Gasteiger charge is 2.18. The molecular weight excluding hydrogens is 360 g/mol. The molecule has 0 bridgehead atoms. The molecule has 2 heterocycles. The predicted octanol–water partition coefficient (Wildman–Crippen LogP) is 2.54. The first-order valence-corrected chi connectivity index (χ1v) is 9.65. The molecule has 0 saturated heterocycles. The lowest BCUT2D eigenvalue weighted by atomic mass is 10.1. The van der Waals surface area contributed by atoms with Crippen LogP contribution in [0.1, 0.15) is 28.1 Å². The molecule has 0 aliphatic heterocycles. The van der Waals surface area contributed by atoms with Crippen molar-refractivity contribution in [3.8, 4) is 6.07 Å². The van der Waals surface area contributed by atoms with Crippen molar-refractivity contribution in [2.45, 2.75) is 32.0 Å². The van der Waals surface area contributed by atoms with Crippen LogP contribution in [0.15, 0.2) is 29.4 Å². The highest BCUT2D eigenvalue weighted by atomic mass is 32.2. The predicted molar refractivity (Wildman–Crippen MR) is 103 cm³/mol. The van der Waals surface area contributed by atoms with Gasteiger partial charge in [-0.1, -0.05) is 23.9 Å². The smallest absolute Gasteiger partial charge is 0.253 e. The Labute approximate surface area is 162 Å². The molecule has 1 aromatic carbocycles. The van der Waals surface area contributed by atoms with Crippen LogP contribution in [0.2, 0.25) is 0 Å². The molecule has 7 nitrogen and oxygen atoms in total. The van der Waals surface area contributed by atoms with Crippen LogP contribution >= 0.6 is 11.8 Å². The number of rotatable bonds is 5. The minimum Gasteiger partial charge on any atom is -0.341 e. The minimum atomic E-state index is -0.00286. The molecule has 3 rings (SSSR count). The third kappa shape index (κ3) is 3.93. The van der Waals surface area contributed by atoms with Gasteiger partial charge in [-0.25, -0.2) is 9.50 Å². The van der Waals surface area contributed by atoms with E-state index in [0.29, 0.717) is 23.0 Å². The lowest BCUT2D eigenvalue weighted by Crippen LogP contribution is -2.28. The van der Waals surface area contributed by atoms with E-state index >= 15 is 0 Å². The van der Waals surface area contributed by atoms with Crippen LogP contribution in [0.25, 0.3) is 5.78 Å². The van der Waals surface area contributed by atoms with Gasteiger partial charge >= 0.3 is 0 Å². The van der Waals surface area contributed by atoms with Gasteiger partial charge in [-0.15, -0.1) is 5.10 Å². The molecule has 0 aliphatic rings. The molecule has 3 aromatic rings. The molecule has 2 aromatic heterocycles. The number of hydrogen-bond acceptors (Lipinski definition) is 6. The Bertz CT molecular complexity index is 1040. The minimum absolute atomic E-state index is 0.00286. The number of nitrogens with zero attached hydrogens (tertiary/aromatic N) is 6. The molecule has 0 radical (unpaired) electrons. The van der Waals surface area contributed by atoms with Crippen molar-refractivity contribution in [1.29, 1.82) is 5.26 Å². The van der Waals surface area contributed by atoms with Gasteiger partial charge in [0.2, 0.25) is 11.1 Å². The Morgan fingerprint density at radius 3 is 2.59 bits per heavy atom. The van der Waals surface area contributed by atoms with Crippen LogP contribution in [0.5, 0.6) is 0 Å². The number of nitriles is 1. The van der Waals surface area contributed by atoms with Crippen molar-refractivity contribution >= 4 is 23.4 Å². The molecule has 0 saturated carbocycles. The van der Waals surface area contributed by atoms with E-state index in [-0.39, 0.29) is 12.3 Å². The largest absolute Gasteiger partial charge is 0.341 e. The number of aryl methyl sites for hydroxylation is 2. The molecule has 138 valence electrons. The van der Waals surface area contributed by atoms with E-state index in [1.54, 1.807) is 28.6 Å². The second-order valence-corrected chi connectivity index (χ2v) is 7.08. The summed E-state index contributed by atoms with van der Waals surface area (Å²) in [6.45, 7) is 4.31.